The highest BCUT2D eigenvalue weighted by atomic mass is 35.5. The Balaban J connectivity index is 2.37. The van der Waals surface area contributed by atoms with Gasteiger partial charge in [-0.1, -0.05) is 23.7 Å². The van der Waals surface area contributed by atoms with Gasteiger partial charge < -0.3 is 5.32 Å². The Morgan fingerprint density at radius 2 is 2.12 bits per heavy atom. The van der Waals surface area contributed by atoms with Crippen LogP contribution in [0, 0.1) is 6.92 Å². The summed E-state index contributed by atoms with van der Waals surface area (Å²) >= 11 is 5.99. The van der Waals surface area contributed by atoms with Crippen LogP contribution >= 0.6 is 11.6 Å². The van der Waals surface area contributed by atoms with Gasteiger partial charge in [-0.3, -0.25) is 5.10 Å². The molecule has 2 aromatic rings. The molecule has 1 aromatic carbocycles. The van der Waals surface area contributed by atoms with Crippen LogP contribution in [0.15, 0.2) is 24.3 Å². The van der Waals surface area contributed by atoms with Crippen molar-refractivity contribution < 1.29 is 0 Å². The Kier molecular flexibility index (Phi) is 3.38. The first kappa shape index (κ1) is 12.0. The number of aromatic amines is 1. The van der Waals surface area contributed by atoms with Gasteiger partial charge in [0.15, 0.2) is 5.82 Å². The number of nitrogens with zero attached hydrogens (tertiary/aromatic N) is 1. The second-order valence-corrected chi connectivity index (χ2v) is 4.82. The maximum atomic E-state index is 5.99. The fourth-order valence-electron chi connectivity index (χ4n) is 1.74. The van der Waals surface area contributed by atoms with Crippen LogP contribution in [0.2, 0.25) is 5.02 Å². The van der Waals surface area contributed by atoms with Crippen LogP contribution in [-0.2, 0) is 0 Å². The van der Waals surface area contributed by atoms with E-state index in [4.69, 9.17) is 11.6 Å². The van der Waals surface area contributed by atoms with E-state index in [1.165, 1.54) is 0 Å². The van der Waals surface area contributed by atoms with E-state index < -0.39 is 0 Å². The molecule has 2 rings (SSSR count). The summed E-state index contributed by atoms with van der Waals surface area (Å²) in [6.45, 7) is 6.23. The van der Waals surface area contributed by atoms with Crippen molar-refractivity contribution in [2.75, 3.05) is 5.32 Å². The van der Waals surface area contributed by atoms with Crippen LogP contribution in [0.4, 0.5) is 5.82 Å². The number of halogens is 1. The van der Waals surface area contributed by atoms with Crippen LogP contribution in [0.25, 0.3) is 11.3 Å². The third-order valence-electron chi connectivity index (χ3n) is 2.55. The molecule has 0 aliphatic rings. The van der Waals surface area contributed by atoms with E-state index in [9.17, 15) is 0 Å². The van der Waals surface area contributed by atoms with Crippen molar-refractivity contribution in [3.05, 3.63) is 34.9 Å². The molecule has 0 saturated heterocycles. The Labute approximate surface area is 106 Å². The molecule has 0 atom stereocenters. The van der Waals surface area contributed by atoms with Crippen molar-refractivity contribution in [1.29, 1.82) is 0 Å². The summed E-state index contributed by atoms with van der Waals surface area (Å²) in [6, 6.07) is 8.12. The maximum Gasteiger partial charge on any atom is 0.151 e. The highest BCUT2D eigenvalue weighted by molar-refractivity contribution is 6.30. The number of anilines is 1. The summed E-state index contributed by atoms with van der Waals surface area (Å²) in [6.07, 6.45) is 0. The van der Waals surface area contributed by atoms with Crippen molar-refractivity contribution in [3.8, 4) is 11.3 Å². The molecule has 17 heavy (non-hydrogen) atoms. The Morgan fingerprint density at radius 1 is 1.35 bits per heavy atom. The van der Waals surface area contributed by atoms with E-state index in [2.05, 4.69) is 29.4 Å². The molecule has 2 N–H and O–H groups in total. The van der Waals surface area contributed by atoms with Crippen molar-refractivity contribution >= 4 is 17.4 Å². The number of aromatic nitrogens is 2. The van der Waals surface area contributed by atoms with E-state index >= 15 is 0 Å². The van der Waals surface area contributed by atoms with Crippen molar-refractivity contribution in [2.45, 2.75) is 26.8 Å². The standard InChI is InChI=1S/C13H16ClN3/c1-8(2)15-13-9(3)12(16-17-13)10-5-4-6-11(14)7-10/h4-8H,1-3H3,(H2,15,16,17). The molecule has 1 heterocycles. The number of hydrogen-bond acceptors (Lipinski definition) is 2. The molecular weight excluding hydrogens is 234 g/mol. The smallest absolute Gasteiger partial charge is 0.151 e. The number of benzene rings is 1. The van der Waals surface area contributed by atoms with Gasteiger partial charge >= 0.3 is 0 Å². The van der Waals surface area contributed by atoms with Crippen molar-refractivity contribution in [1.82, 2.24) is 10.2 Å². The molecule has 0 aliphatic carbocycles. The second-order valence-electron chi connectivity index (χ2n) is 4.38. The van der Waals surface area contributed by atoms with Crippen LogP contribution in [0.5, 0.6) is 0 Å². The predicted molar refractivity (Wildman–Crippen MR) is 72.5 cm³/mol. The number of H-pyrrole nitrogens is 1. The predicted octanol–water partition coefficient (Wildman–Crippen LogP) is 3.86. The largest absolute Gasteiger partial charge is 0.366 e. The molecule has 3 nitrogen and oxygen atoms in total. The molecule has 4 heteroatoms. The topological polar surface area (TPSA) is 40.7 Å². The molecule has 0 aliphatic heterocycles. The van der Waals surface area contributed by atoms with Gasteiger partial charge in [0.05, 0.1) is 5.69 Å². The molecule has 0 amide bonds. The van der Waals surface area contributed by atoms with Crippen LogP contribution in [0.3, 0.4) is 0 Å². The van der Waals surface area contributed by atoms with Crippen molar-refractivity contribution in [2.24, 2.45) is 0 Å². The van der Waals surface area contributed by atoms with E-state index in [1.54, 1.807) is 0 Å². The summed E-state index contributed by atoms with van der Waals surface area (Å²) in [5, 5.41) is 11.4. The third kappa shape index (κ3) is 2.61. The van der Waals surface area contributed by atoms with Gasteiger partial charge in [-0.25, -0.2) is 0 Å². The van der Waals surface area contributed by atoms with E-state index in [1.807, 2.05) is 31.2 Å². The van der Waals surface area contributed by atoms with Gasteiger partial charge in [-0.2, -0.15) is 5.10 Å². The molecule has 0 fully saturated rings. The minimum absolute atomic E-state index is 0.365. The van der Waals surface area contributed by atoms with Gasteiger partial charge in [0.1, 0.15) is 0 Å². The molecule has 0 unspecified atom stereocenters. The maximum absolute atomic E-state index is 5.99. The molecule has 0 spiro atoms. The van der Waals surface area contributed by atoms with Gasteiger partial charge in [0, 0.05) is 22.2 Å². The minimum Gasteiger partial charge on any atom is -0.366 e. The normalized spacial score (nSPS) is 10.9. The average Bonchev–Trinajstić information content (AvgIpc) is 2.60. The van der Waals surface area contributed by atoms with Crippen LogP contribution < -0.4 is 5.32 Å². The lowest BCUT2D eigenvalue weighted by atomic mass is 10.1. The zero-order valence-electron chi connectivity index (χ0n) is 10.2. The van der Waals surface area contributed by atoms with Gasteiger partial charge in [-0.05, 0) is 32.9 Å². The highest BCUT2D eigenvalue weighted by Gasteiger charge is 2.11. The monoisotopic (exact) mass is 249 g/mol. The van der Waals surface area contributed by atoms with E-state index in [-0.39, 0.29) is 0 Å². The summed E-state index contributed by atoms with van der Waals surface area (Å²) < 4.78 is 0. The first-order chi connectivity index (χ1) is 8.08. The zero-order valence-corrected chi connectivity index (χ0v) is 11.0. The average molecular weight is 250 g/mol. The number of nitrogens with one attached hydrogen (secondary N) is 2. The lowest BCUT2D eigenvalue weighted by molar-refractivity contribution is 0.882. The minimum atomic E-state index is 0.365. The van der Waals surface area contributed by atoms with Gasteiger partial charge in [0.2, 0.25) is 0 Å². The van der Waals surface area contributed by atoms with Crippen molar-refractivity contribution in [3.63, 3.8) is 0 Å². The second kappa shape index (κ2) is 4.80. The summed E-state index contributed by atoms with van der Waals surface area (Å²) in [7, 11) is 0. The summed E-state index contributed by atoms with van der Waals surface area (Å²) in [5.41, 5.74) is 3.18. The first-order valence-electron chi connectivity index (χ1n) is 5.65. The van der Waals surface area contributed by atoms with E-state index in [0.29, 0.717) is 6.04 Å². The Hall–Kier alpha value is -1.48. The highest BCUT2D eigenvalue weighted by Crippen LogP contribution is 2.27. The first-order valence-corrected chi connectivity index (χ1v) is 6.03. The molecule has 0 saturated carbocycles. The van der Waals surface area contributed by atoms with Gasteiger partial charge in [0.25, 0.3) is 0 Å². The number of hydrogen-bond donors (Lipinski definition) is 2. The summed E-state index contributed by atoms with van der Waals surface area (Å²) in [4.78, 5) is 0. The fraction of sp³-hybridized carbons (Fsp3) is 0.308. The SMILES string of the molecule is Cc1c(NC(C)C)n[nH]c1-c1cccc(Cl)c1. The third-order valence-corrected chi connectivity index (χ3v) is 2.78. The van der Waals surface area contributed by atoms with Crippen LogP contribution in [0.1, 0.15) is 19.4 Å². The molecule has 90 valence electrons. The molecule has 0 bridgehead atoms. The summed E-state index contributed by atoms with van der Waals surface area (Å²) in [5.74, 6) is 0.898. The number of rotatable bonds is 3. The quantitative estimate of drug-likeness (QED) is 0.867. The lowest BCUT2D eigenvalue weighted by Crippen LogP contribution is -2.10. The van der Waals surface area contributed by atoms with E-state index in [0.717, 1.165) is 27.7 Å². The zero-order chi connectivity index (χ0) is 12.4. The molecule has 0 radical (unpaired) electrons. The molecule has 1 aromatic heterocycles. The Morgan fingerprint density at radius 3 is 2.76 bits per heavy atom. The molecular formula is C13H16ClN3. The fourth-order valence-corrected chi connectivity index (χ4v) is 1.93. The van der Waals surface area contributed by atoms with Gasteiger partial charge in [-0.15, -0.1) is 0 Å². The lowest BCUT2D eigenvalue weighted by Gasteiger charge is -2.07. The Bertz CT molecular complexity index is 517. The van der Waals surface area contributed by atoms with Crippen LogP contribution in [-0.4, -0.2) is 16.2 Å².